The van der Waals surface area contributed by atoms with Crippen molar-refractivity contribution >= 4 is 22.0 Å². The van der Waals surface area contributed by atoms with Gasteiger partial charge >= 0.3 is 6.09 Å². The van der Waals surface area contributed by atoms with Gasteiger partial charge in [0, 0.05) is 19.1 Å². The van der Waals surface area contributed by atoms with Crippen LogP contribution >= 0.6 is 0 Å². The summed E-state index contributed by atoms with van der Waals surface area (Å²) in [6, 6.07) is 9.25. The molecule has 9 heteroatoms. The van der Waals surface area contributed by atoms with Gasteiger partial charge in [-0.3, -0.25) is 4.79 Å². The summed E-state index contributed by atoms with van der Waals surface area (Å²) in [5.74, 6) is -0.435. The molecule has 2 amide bonds. The van der Waals surface area contributed by atoms with Crippen LogP contribution in [0.4, 0.5) is 4.79 Å². The molecule has 0 spiro atoms. The van der Waals surface area contributed by atoms with Gasteiger partial charge in [0.25, 0.3) is 0 Å². The van der Waals surface area contributed by atoms with Crippen LogP contribution in [-0.4, -0.2) is 63.4 Å². The Morgan fingerprint density at radius 1 is 1.19 bits per heavy atom. The first-order valence-electron chi connectivity index (χ1n) is 9.12. The molecule has 0 aromatic heterocycles. The molecule has 27 heavy (non-hydrogen) atoms. The summed E-state index contributed by atoms with van der Waals surface area (Å²) in [4.78, 5) is 25.3. The Balaban J connectivity index is 1.67. The summed E-state index contributed by atoms with van der Waals surface area (Å²) in [5.41, 5.74) is 0.931. The average Bonchev–Trinajstić information content (AvgIpc) is 2.67. The molecule has 2 rings (SSSR count). The third-order valence-electron chi connectivity index (χ3n) is 4.34. The number of nitrogens with zero attached hydrogens (tertiary/aromatic N) is 1. The summed E-state index contributed by atoms with van der Waals surface area (Å²) < 4.78 is 31.4. The maximum atomic E-state index is 12.0. The van der Waals surface area contributed by atoms with Gasteiger partial charge in [-0.2, -0.15) is 0 Å². The van der Waals surface area contributed by atoms with Crippen molar-refractivity contribution in [2.24, 2.45) is 0 Å². The number of nitrogens with one attached hydrogen (secondary N) is 2. The first-order chi connectivity index (χ1) is 12.9. The van der Waals surface area contributed by atoms with Gasteiger partial charge in [0.05, 0.1) is 18.9 Å². The van der Waals surface area contributed by atoms with Crippen molar-refractivity contribution in [2.75, 3.05) is 32.0 Å². The lowest BCUT2D eigenvalue weighted by Crippen LogP contribution is -2.48. The molecule has 0 unspecified atom stereocenters. The predicted octanol–water partition coefficient (Wildman–Crippen LogP) is 0.886. The molecule has 1 saturated heterocycles. The second kappa shape index (κ2) is 10.3. The summed E-state index contributed by atoms with van der Waals surface area (Å²) in [6.07, 6.45) is 1.29. The highest BCUT2D eigenvalue weighted by atomic mass is 32.2. The van der Waals surface area contributed by atoms with Crippen LogP contribution in [0.5, 0.6) is 0 Å². The van der Waals surface area contributed by atoms with Crippen LogP contribution in [0.15, 0.2) is 30.3 Å². The summed E-state index contributed by atoms with van der Waals surface area (Å²) in [6.45, 7) is 2.82. The number of amides is 2. The molecule has 8 nitrogen and oxygen atoms in total. The largest absolute Gasteiger partial charge is 0.450 e. The molecular weight excluding hydrogens is 370 g/mol. The van der Waals surface area contributed by atoms with E-state index >= 15 is 0 Å². The van der Waals surface area contributed by atoms with Crippen LogP contribution in [0.25, 0.3) is 0 Å². The van der Waals surface area contributed by atoms with E-state index in [4.69, 9.17) is 4.74 Å². The highest BCUT2D eigenvalue weighted by Gasteiger charge is 2.24. The standard InChI is InChI=1S/C18H27N3O5S/c1-2-26-18(23)21-11-8-16(9-12-21)20-17(22)14-19-27(24,25)13-10-15-6-4-3-5-7-15/h3-7,16,19H,2,8-14H2,1H3,(H,20,22). The number of benzene rings is 1. The highest BCUT2D eigenvalue weighted by Crippen LogP contribution is 2.11. The van der Waals surface area contributed by atoms with Crippen molar-refractivity contribution < 1.29 is 22.7 Å². The monoisotopic (exact) mass is 397 g/mol. The van der Waals surface area contributed by atoms with Crippen LogP contribution in [0, 0.1) is 0 Å². The van der Waals surface area contributed by atoms with Gasteiger partial charge in [0.15, 0.2) is 0 Å². The van der Waals surface area contributed by atoms with Gasteiger partial charge in [0.2, 0.25) is 15.9 Å². The fourth-order valence-electron chi connectivity index (χ4n) is 2.84. The first kappa shape index (κ1) is 21.2. The molecule has 2 N–H and O–H groups in total. The highest BCUT2D eigenvalue weighted by molar-refractivity contribution is 7.89. The Morgan fingerprint density at radius 3 is 2.48 bits per heavy atom. The van der Waals surface area contributed by atoms with Gasteiger partial charge < -0.3 is 15.0 Å². The Kier molecular flexibility index (Phi) is 8.05. The molecule has 1 aromatic carbocycles. The van der Waals surface area contributed by atoms with Crippen molar-refractivity contribution in [3.05, 3.63) is 35.9 Å². The molecule has 150 valence electrons. The van der Waals surface area contributed by atoms with Crippen molar-refractivity contribution in [3.8, 4) is 0 Å². The molecule has 1 aliphatic heterocycles. The Labute approximate surface area is 160 Å². The molecule has 1 heterocycles. The van der Waals surface area contributed by atoms with E-state index in [1.54, 1.807) is 11.8 Å². The zero-order chi connectivity index (χ0) is 19.7. The van der Waals surface area contributed by atoms with Crippen LogP contribution in [0.2, 0.25) is 0 Å². The number of likely N-dealkylation sites (tertiary alicyclic amines) is 1. The summed E-state index contributed by atoms with van der Waals surface area (Å²) >= 11 is 0. The first-order valence-corrected chi connectivity index (χ1v) is 10.8. The number of piperidine rings is 1. The number of hydrogen-bond donors (Lipinski definition) is 2. The smallest absolute Gasteiger partial charge is 0.409 e. The minimum Gasteiger partial charge on any atom is -0.450 e. The van der Waals surface area contributed by atoms with E-state index in [0.717, 1.165) is 5.56 Å². The number of carbonyl (C=O) groups is 2. The predicted molar refractivity (Wildman–Crippen MR) is 102 cm³/mol. The van der Waals surface area contributed by atoms with Crippen molar-refractivity contribution in [3.63, 3.8) is 0 Å². The van der Waals surface area contributed by atoms with Gasteiger partial charge in [-0.25, -0.2) is 17.9 Å². The normalized spacial score (nSPS) is 15.4. The van der Waals surface area contributed by atoms with Crippen LogP contribution < -0.4 is 10.0 Å². The quantitative estimate of drug-likeness (QED) is 0.678. The van der Waals surface area contributed by atoms with Gasteiger partial charge in [0.1, 0.15) is 0 Å². The van der Waals surface area contributed by atoms with Gasteiger partial charge in [-0.1, -0.05) is 30.3 Å². The lowest BCUT2D eigenvalue weighted by molar-refractivity contribution is -0.120. The third-order valence-corrected chi connectivity index (χ3v) is 5.67. The fraction of sp³-hybridized carbons (Fsp3) is 0.556. The molecule has 1 aromatic rings. The van der Waals surface area contributed by atoms with Crippen molar-refractivity contribution in [1.29, 1.82) is 0 Å². The zero-order valence-corrected chi connectivity index (χ0v) is 16.3. The minimum absolute atomic E-state index is 0.0672. The number of carbonyl (C=O) groups excluding carboxylic acids is 2. The lowest BCUT2D eigenvalue weighted by Gasteiger charge is -2.31. The summed E-state index contributed by atoms with van der Waals surface area (Å²) in [7, 11) is -3.52. The fourth-order valence-corrected chi connectivity index (χ4v) is 3.84. The van der Waals surface area contributed by atoms with E-state index in [0.29, 0.717) is 39.0 Å². The molecule has 0 radical (unpaired) electrons. The lowest BCUT2D eigenvalue weighted by atomic mass is 10.1. The van der Waals surface area contributed by atoms with E-state index < -0.39 is 10.0 Å². The molecule has 1 fully saturated rings. The van der Waals surface area contributed by atoms with E-state index in [9.17, 15) is 18.0 Å². The SMILES string of the molecule is CCOC(=O)N1CCC(NC(=O)CNS(=O)(=O)CCc2ccccc2)CC1. The topological polar surface area (TPSA) is 105 Å². The number of ether oxygens (including phenoxy) is 1. The van der Waals surface area contributed by atoms with Crippen LogP contribution in [0.1, 0.15) is 25.3 Å². The Bertz CT molecular complexity index is 716. The second-order valence-electron chi connectivity index (χ2n) is 6.40. The third kappa shape index (κ3) is 7.56. The van der Waals surface area contributed by atoms with E-state index in [2.05, 4.69) is 10.0 Å². The van der Waals surface area contributed by atoms with E-state index in [1.807, 2.05) is 30.3 Å². The average molecular weight is 397 g/mol. The number of rotatable bonds is 8. The van der Waals surface area contributed by atoms with Crippen molar-refractivity contribution in [2.45, 2.75) is 32.2 Å². The summed E-state index contributed by atoms with van der Waals surface area (Å²) in [5, 5.41) is 2.81. The van der Waals surface area contributed by atoms with E-state index in [-0.39, 0.29) is 30.3 Å². The van der Waals surface area contributed by atoms with E-state index in [1.165, 1.54) is 0 Å². The zero-order valence-electron chi connectivity index (χ0n) is 15.5. The maximum absolute atomic E-state index is 12.0. The van der Waals surface area contributed by atoms with Crippen molar-refractivity contribution in [1.82, 2.24) is 14.9 Å². The number of sulfonamides is 1. The van der Waals surface area contributed by atoms with Gasteiger partial charge in [-0.15, -0.1) is 0 Å². The Morgan fingerprint density at radius 2 is 1.85 bits per heavy atom. The minimum atomic E-state index is -3.52. The Hall–Kier alpha value is -2.13. The molecule has 0 atom stereocenters. The maximum Gasteiger partial charge on any atom is 0.409 e. The molecule has 0 saturated carbocycles. The van der Waals surface area contributed by atoms with Gasteiger partial charge in [-0.05, 0) is 31.7 Å². The number of aryl methyl sites for hydroxylation is 1. The van der Waals surface area contributed by atoms with Crippen LogP contribution in [-0.2, 0) is 26.0 Å². The molecule has 0 bridgehead atoms. The number of hydrogen-bond acceptors (Lipinski definition) is 5. The molecular formula is C18H27N3O5S. The van der Waals surface area contributed by atoms with Crippen LogP contribution in [0.3, 0.4) is 0 Å². The second-order valence-corrected chi connectivity index (χ2v) is 8.33. The molecule has 0 aliphatic carbocycles. The molecule has 1 aliphatic rings.